The van der Waals surface area contributed by atoms with Crippen molar-refractivity contribution in [1.29, 1.82) is 0 Å². The summed E-state index contributed by atoms with van der Waals surface area (Å²) < 4.78 is 0. The summed E-state index contributed by atoms with van der Waals surface area (Å²) in [5, 5.41) is 0. The van der Waals surface area contributed by atoms with Crippen molar-refractivity contribution in [2.75, 3.05) is 13.6 Å². The van der Waals surface area contributed by atoms with E-state index < -0.39 is 0 Å². The Labute approximate surface area is 107 Å². The summed E-state index contributed by atoms with van der Waals surface area (Å²) in [6.45, 7) is 3.75. The van der Waals surface area contributed by atoms with E-state index in [1.807, 2.05) is 0 Å². The number of hydrogen-bond donors (Lipinski definition) is 0. The Morgan fingerprint density at radius 2 is 1.82 bits per heavy atom. The van der Waals surface area contributed by atoms with Gasteiger partial charge in [0.25, 0.3) is 0 Å². The summed E-state index contributed by atoms with van der Waals surface area (Å²) in [4.78, 5) is 2.24. The molecule has 0 saturated carbocycles. The average Bonchev–Trinajstić information content (AvgIpc) is 1.91. The quantitative estimate of drug-likeness (QED) is 0.317. The first-order chi connectivity index (χ1) is 3.30. The standard InChI is InChI=1S/C5H9BN.3ClH.Zr/c1-6-4-3-5-7(6)2;;;;/h3H,5H2,1-2H3;3*1H;/q-1;;;;+4/p-3. The SMILES string of the molecule is CB1[C-]=CCN1C.[Cl-].[Cl-].[Cl-].[Zr+4]. The van der Waals surface area contributed by atoms with Crippen LogP contribution in [0.25, 0.3) is 0 Å². The molecule has 0 bridgehead atoms. The van der Waals surface area contributed by atoms with Crippen molar-refractivity contribution in [3.63, 3.8) is 0 Å². The van der Waals surface area contributed by atoms with Crippen molar-refractivity contribution in [2.45, 2.75) is 6.82 Å². The van der Waals surface area contributed by atoms with Crippen LogP contribution in [0.15, 0.2) is 6.08 Å². The van der Waals surface area contributed by atoms with E-state index in [1.54, 1.807) is 0 Å². The van der Waals surface area contributed by atoms with Gasteiger partial charge < -0.3 is 48.0 Å². The zero-order chi connectivity index (χ0) is 5.28. The fraction of sp³-hybridized carbons (Fsp3) is 0.600. The van der Waals surface area contributed by atoms with Crippen molar-refractivity contribution in [1.82, 2.24) is 4.81 Å². The Hall–Kier alpha value is 1.52. The van der Waals surface area contributed by atoms with Gasteiger partial charge in [-0.25, -0.2) is 0 Å². The van der Waals surface area contributed by atoms with Gasteiger partial charge in [0.1, 0.15) is 0 Å². The Bertz CT molecular complexity index is 104. The molecule has 0 atom stereocenters. The van der Waals surface area contributed by atoms with Crippen LogP contribution in [0.5, 0.6) is 0 Å². The molecule has 0 aromatic rings. The molecule has 1 heterocycles. The van der Waals surface area contributed by atoms with E-state index in [4.69, 9.17) is 0 Å². The normalized spacial score (nSPS) is 13.8. The van der Waals surface area contributed by atoms with Crippen LogP contribution < -0.4 is 37.2 Å². The summed E-state index contributed by atoms with van der Waals surface area (Å²) in [7, 11) is 2.10. The van der Waals surface area contributed by atoms with Gasteiger partial charge in [-0.3, -0.25) is 6.08 Å². The predicted molar refractivity (Wildman–Crippen MR) is 32.1 cm³/mol. The van der Waals surface area contributed by atoms with Crippen molar-refractivity contribution < 1.29 is 63.4 Å². The molecule has 0 fully saturated rings. The van der Waals surface area contributed by atoms with E-state index in [0.29, 0.717) is 6.85 Å². The minimum Gasteiger partial charge on any atom is -1.00 e. The first-order valence-corrected chi connectivity index (χ1v) is 2.58. The third-order valence-corrected chi connectivity index (χ3v) is 1.40. The zero-order valence-corrected chi connectivity index (χ0v) is 11.2. The minimum atomic E-state index is 0. The fourth-order valence-electron chi connectivity index (χ4n) is 0.653. The van der Waals surface area contributed by atoms with Gasteiger partial charge in [-0.2, -0.15) is 0 Å². The Kier molecular flexibility index (Phi) is 24.0. The van der Waals surface area contributed by atoms with Crippen LogP contribution in [0.4, 0.5) is 0 Å². The molecule has 62 valence electrons. The van der Waals surface area contributed by atoms with E-state index in [0.717, 1.165) is 6.54 Å². The van der Waals surface area contributed by atoms with E-state index in [2.05, 4.69) is 30.7 Å². The summed E-state index contributed by atoms with van der Waals surface area (Å²) >= 11 is 0. The second-order valence-electron chi connectivity index (χ2n) is 1.99. The van der Waals surface area contributed by atoms with Gasteiger partial charge in [0.2, 0.25) is 0 Å². The molecule has 0 aliphatic carbocycles. The molecule has 0 N–H and O–H groups in total. The summed E-state index contributed by atoms with van der Waals surface area (Å²) in [5.74, 6) is 3.17. The first-order valence-electron chi connectivity index (χ1n) is 2.58. The molecule has 0 unspecified atom stereocenters. The van der Waals surface area contributed by atoms with Crippen molar-refractivity contribution in [3.8, 4) is 0 Å². The van der Waals surface area contributed by atoms with Crippen LogP contribution >= 0.6 is 0 Å². The smallest absolute Gasteiger partial charge is 1.00 e. The second kappa shape index (κ2) is 11.5. The fourth-order valence-corrected chi connectivity index (χ4v) is 0.653. The predicted octanol–water partition coefficient (Wildman–Crippen LogP) is -8.54. The van der Waals surface area contributed by atoms with Gasteiger partial charge in [-0.1, -0.05) is 6.82 Å². The Balaban J connectivity index is -0.0000000612. The molecule has 1 aliphatic heterocycles. The molecule has 6 heteroatoms. The molecule has 0 aromatic heterocycles. The molecule has 11 heavy (non-hydrogen) atoms. The monoisotopic (exact) mass is 289 g/mol. The maximum absolute atomic E-state index is 3.17. The number of hydrogen-bond acceptors (Lipinski definition) is 1. The van der Waals surface area contributed by atoms with Gasteiger partial charge in [0.15, 0.2) is 0 Å². The summed E-state index contributed by atoms with van der Waals surface area (Å²) in [6, 6.07) is 0. The molecule has 0 amide bonds. The number of halogens is 3. The van der Waals surface area contributed by atoms with Crippen LogP contribution in [0.1, 0.15) is 0 Å². The summed E-state index contributed by atoms with van der Waals surface area (Å²) in [5.41, 5.74) is 0. The van der Waals surface area contributed by atoms with Crippen LogP contribution in [0.2, 0.25) is 6.82 Å². The largest absolute Gasteiger partial charge is 4.00 e. The first kappa shape index (κ1) is 22.9. The maximum atomic E-state index is 3.17. The minimum absolute atomic E-state index is 0. The third-order valence-electron chi connectivity index (χ3n) is 1.40. The van der Waals surface area contributed by atoms with E-state index in [-0.39, 0.29) is 63.4 Å². The molecule has 0 saturated heterocycles. The van der Waals surface area contributed by atoms with Crippen LogP contribution in [0.3, 0.4) is 0 Å². The number of likely N-dealkylation sites (N-methyl/N-ethyl adjacent to an activating group) is 1. The average molecular weight is 292 g/mol. The molecule has 0 spiro atoms. The van der Waals surface area contributed by atoms with Crippen LogP contribution in [-0.2, 0) is 26.2 Å². The molecule has 1 nitrogen and oxygen atoms in total. The molecule has 1 rings (SSSR count). The van der Waals surface area contributed by atoms with Crippen molar-refractivity contribution in [2.24, 2.45) is 0 Å². The van der Waals surface area contributed by atoms with E-state index >= 15 is 0 Å². The van der Waals surface area contributed by atoms with E-state index in [1.165, 1.54) is 0 Å². The topological polar surface area (TPSA) is 3.24 Å². The molecular weight excluding hydrogens is 282 g/mol. The number of nitrogens with zero attached hydrogens (tertiary/aromatic N) is 1. The van der Waals surface area contributed by atoms with Gasteiger partial charge >= 0.3 is 26.2 Å². The van der Waals surface area contributed by atoms with Crippen LogP contribution in [-0.4, -0.2) is 25.3 Å². The van der Waals surface area contributed by atoms with Gasteiger partial charge in [-0.05, 0) is 13.6 Å². The molecular formula is C5H9BCl3NZr. The summed E-state index contributed by atoms with van der Waals surface area (Å²) in [6.07, 6.45) is 2.07. The van der Waals surface area contributed by atoms with Gasteiger partial charge in [0.05, 0.1) is 0 Å². The zero-order valence-electron chi connectivity index (χ0n) is 6.44. The molecule has 0 radical (unpaired) electrons. The van der Waals surface area contributed by atoms with Gasteiger partial charge in [0, 0.05) is 6.85 Å². The molecule has 0 aromatic carbocycles. The van der Waals surface area contributed by atoms with E-state index in [9.17, 15) is 0 Å². The number of rotatable bonds is 0. The second-order valence-corrected chi connectivity index (χ2v) is 1.99. The third kappa shape index (κ3) is 7.87. The van der Waals surface area contributed by atoms with Crippen LogP contribution in [0, 0.1) is 5.98 Å². The Morgan fingerprint density at radius 1 is 1.36 bits per heavy atom. The van der Waals surface area contributed by atoms with Crippen molar-refractivity contribution in [3.05, 3.63) is 12.1 Å². The molecule has 1 aliphatic rings. The van der Waals surface area contributed by atoms with Crippen molar-refractivity contribution >= 4 is 6.85 Å². The van der Waals surface area contributed by atoms with Gasteiger partial charge in [-0.15, -0.1) is 0 Å². The maximum Gasteiger partial charge on any atom is 4.00 e. The Morgan fingerprint density at radius 3 is 1.91 bits per heavy atom.